The van der Waals surface area contributed by atoms with Crippen LogP contribution in [0, 0.1) is 0 Å². The molecule has 1 aliphatic carbocycles. The van der Waals surface area contributed by atoms with Crippen molar-refractivity contribution in [2.24, 2.45) is 0 Å². The monoisotopic (exact) mass is 387 g/mol. The van der Waals surface area contributed by atoms with Gasteiger partial charge in [0.25, 0.3) is 0 Å². The number of hydrogen-bond acceptors (Lipinski definition) is 6. The molecule has 142 valence electrons. The van der Waals surface area contributed by atoms with Gasteiger partial charge in [-0.25, -0.2) is 13.2 Å². The van der Waals surface area contributed by atoms with E-state index in [0.29, 0.717) is 24.5 Å². The van der Waals surface area contributed by atoms with E-state index in [1.165, 1.54) is 23.4 Å². The number of aryl methyl sites for hydroxylation is 3. The third kappa shape index (κ3) is 4.05. The van der Waals surface area contributed by atoms with Crippen LogP contribution in [0.15, 0.2) is 39.7 Å². The molecule has 1 N–H and O–H groups in total. The molecule has 4 rings (SSSR count). The molecule has 0 saturated carbocycles. The van der Waals surface area contributed by atoms with E-state index >= 15 is 0 Å². The van der Waals surface area contributed by atoms with E-state index in [0.717, 1.165) is 30.2 Å². The van der Waals surface area contributed by atoms with E-state index in [-0.39, 0.29) is 11.4 Å². The minimum absolute atomic E-state index is 0.0452. The second kappa shape index (κ2) is 6.84. The first kappa shape index (κ1) is 17.8. The first-order chi connectivity index (χ1) is 12.9. The molecule has 27 heavy (non-hydrogen) atoms. The lowest BCUT2D eigenvalue weighted by Gasteiger charge is -2.09. The van der Waals surface area contributed by atoms with Gasteiger partial charge in [-0.1, -0.05) is 0 Å². The third-order valence-electron chi connectivity index (χ3n) is 4.83. The molecule has 1 aliphatic rings. The second-order valence-corrected chi connectivity index (χ2v) is 9.27. The van der Waals surface area contributed by atoms with Crippen molar-refractivity contribution in [1.29, 1.82) is 0 Å². The summed E-state index contributed by atoms with van der Waals surface area (Å²) in [5, 5.41) is 8.48. The molecule has 0 spiro atoms. The highest BCUT2D eigenvalue weighted by Gasteiger charge is 2.15. The summed E-state index contributed by atoms with van der Waals surface area (Å²) in [6.07, 6.45) is 6.16. The van der Waals surface area contributed by atoms with Gasteiger partial charge in [0.05, 0.1) is 12.3 Å². The quantitative estimate of drug-likeness (QED) is 0.651. The fraction of sp³-hybridized carbons (Fsp3) is 0.368. The number of fused-ring (bicyclic) bond motifs is 2. The first-order valence-electron chi connectivity index (χ1n) is 8.91. The minimum atomic E-state index is -3.03. The lowest BCUT2D eigenvalue weighted by Crippen LogP contribution is -2.12. The predicted molar refractivity (Wildman–Crippen MR) is 104 cm³/mol. The van der Waals surface area contributed by atoms with Gasteiger partial charge < -0.3 is 9.73 Å². The molecule has 7 nitrogen and oxygen atoms in total. The van der Waals surface area contributed by atoms with Crippen LogP contribution in [0.4, 0.5) is 5.82 Å². The summed E-state index contributed by atoms with van der Waals surface area (Å²) < 4.78 is 29.5. The van der Waals surface area contributed by atoms with Crippen molar-refractivity contribution in [2.45, 2.75) is 32.4 Å². The molecule has 2 heterocycles. The van der Waals surface area contributed by atoms with Crippen LogP contribution >= 0.6 is 0 Å². The Kier molecular flexibility index (Phi) is 4.51. The Morgan fingerprint density at radius 1 is 1.22 bits per heavy atom. The Bertz CT molecular complexity index is 1160. The van der Waals surface area contributed by atoms with Crippen molar-refractivity contribution in [3.05, 3.63) is 57.6 Å². The Morgan fingerprint density at radius 2 is 2.00 bits per heavy atom. The normalized spacial score (nSPS) is 13.8. The standard InChI is InChI=1S/C19H21N3O4S/c1-27(24,25)8-7-22-6-5-18(21-22)20-12-15-11-19(23)26-17-10-14-4-2-3-13(14)9-16(15)17/h5-6,9-11H,2-4,7-8,12H2,1H3,(H,20,21). The number of rotatable bonds is 6. The molecule has 2 aromatic heterocycles. The number of benzene rings is 1. The van der Waals surface area contributed by atoms with Crippen molar-refractivity contribution in [1.82, 2.24) is 9.78 Å². The number of anilines is 1. The fourth-order valence-corrected chi connectivity index (χ4v) is 3.99. The van der Waals surface area contributed by atoms with Crippen LogP contribution in [0.2, 0.25) is 0 Å². The van der Waals surface area contributed by atoms with E-state index in [4.69, 9.17) is 4.42 Å². The van der Waals surface area contributed by atoms with E-state index in [2.05, 4.69) is 16.5 Å². The smallest absolute Gasteiger partial charge is 0.336 e. The molecule has 0 aliphatic heterocycles. The van der Waals surface area contributed by atoms with Crippen molar-refractivity contribution in [3.63, 3.8) is 0 Å². The zero-order chi connectivity index (χ0) is 19.0. The molecule has 0 atom stereocenters. The van der Waals surface area contributed by atoms with Crippen LogP contribution in [-0.4, -0.2) is 30.2 Å². The molecule has 0 saturated heterocycles. The molecular weight excluding hydrogens is 366 g/mol. The topological polar surface area (TPSA) is 94.2 Å². The van der Waals surface area contributed by atoms with Crippen LogP contribution < -0.4 is 10.9 Å². The van der Waals surface area contributed by atoms with Crippen molar-refractivity contribution in [3.8, 4) is 0 Å². The van der Waals surface area contributed by atoms with Gasteiger partial charge in [0.1, 0.15) is 21.2 Å². The van der Waals surface area contributed by atoms with Gasteiger partial charge in [0.2, 0.25) is 0 Å². The lowest BCUT2D eigenvalue weighted by molar-refractivity contribution is 0.558. The molecule has 3 aromatic rings. The van der Waals surface area contributed by atoms with Crippen molar-refractivity contribution in [2.75, 3.05) is 17.3 Å². The summed E-state index contributed by atoms with van der Waals surface area (Å²) in [6, 6.07) is 7.41. The van der Waals surface area contributed by atoms with Crippen LogP contribution in [-0.2, 0) is 35.8 Å². The summed E-state index contributed by atoms with van der Waals surface area (Å²) in [6.45, 7) is 0.745. The highest BCUT2D eigenvalue weighted by Crippen LogP contribution is 2.28. The van der Waals surface area contributed by atoms with Gasteiger partial charge in [-0.15, -0.1) is 0 Å². The Morgan fingerprint density at radius 3 is 2.78 bits per heavy atom. The maximum Gasteiger partial charge on any atom is 0.336 e. The van der Waals surface area contributed by atoms with Crippen molar-refractivity contribution < 1.29 is 12.8 Å². The van der Waals surface area contributed by atoms with Gasteiger partial charge >= 0.3 is 5.63 Å². The van der Waals surface area contributed by atoms with E-state index in [1.807, 2.05) is 6.07 Å². The Hall–Kier alpha value is -2.61. The number of aromatic nitrogens is 2. The molecule has 0 fully saturated rings. The summed E-state index contributed by atoms with van der Waals surface area (Å²) in [5.74, 6) is 0.676. The summed E-state index contributed by atoms with van der Waals surface area (Å²) >= 11 is 0. The number of hydrogen-bond donors (Lipinski definition) is 1. The highest BCUT2D eigenvalue weighted by atomic mass is 32.2. The minimum Gasteiger partial charge on any atom is -0.423 e. The average molecular weight is 387 g/mol. The third-order valence-corrected chi connectivity index (χ3v) is 5.76. The van der Waals surface area contributed by atoms with E-state index in [9.17, 15) is 13.2 Å². The summed E-state index contributed by atoms with van der Waals surface area (Å²) in [7, 11) is -3.03. The largest absolute Gasteiger partial charge is 0.423 e. The lowest BCUT2D eigenvalue weighted by atomic mass is 10.0. The molecule has 1 aromatic carbocycles. The Balaban J connectivity index is 1.54. The maximum atomic E-state index is 11.9. The molecule has 0 unspecified atom stereocenters. The van der Waals surface area contributed by atoms with Crippen LogP contribution in [0.5, 0.6) is 0 Å². The second-order valence-electron chi connectivity index (χ2n) is 7.01. The summed E-state index contributed by atoms with van der Waals surface area (Å²) in [5.41, 5.74) is 3.71. The highest BCUT2D eigenvalue weighted by molar-refractivity contribution is 7.90. The van der Waals surface area contributed by atoms with E-state index < -0.39 is 9.84 Å². The SMILES string of the molecule is CS(=O)(=O)CCn1ccc(NCc2cc(=O)oc3cc4c(cc23)CCC4)n1. The van der Waals surface area contributed by atoms with E-state index in [1.54, 1.807) is 16.9 Å². The molecular formula is C19H21N3O4S. The zero-order valence-corrected chi connectivity index (χ0v) is 15.9. The van der Waals surface area contributed by atoms with Crippen molar-refractivity contribution >= 4 is 26.6 Å². The Labute approximate surface area is 156 Å². The molecule has 8 heteroatoms. The van der Waals surface area contributed by atoms with Gasteiger partial charge in [-0.05, 0) is 48.1 Å². The average Bonchev–Trinajstić information content (AvgIpc) is 3.24. The van der Waals surface area contributed by atoms with Crippen LogP contribution in [0.3, 0.4) is 0 Å². The van der Waals surface area contributed by atoms with Gasteiger partial charge in [0, 0.05) is 36.5 Å². The fourth-order valence-electron chi connectivity index (χ4n) is 3.47. The van der Waals surface area contributed by atoms with Gasteiger partial charge in [0.15, 0.2) is 0 Å². The molecule has 0 amide bonds. The van der Waals surface area contributed by atoms with Crippen LogP contribution in [0.1, 0.15) is 23.1 Å². The zero-order valence-electron chi connectivity index (χ0n) is 15.1. The number of nitrogens with zero attached hydrogens (tertiary/aromatic N) is 2. The maximum absolute atomic E-state index is 11.9. The molecule has 0 radical (unpaired) electrons. The van der Waals surface area contributed by atoms with Crippen LogP contribution in [0.25, 0.3) is 11.0 Å². The number of sulfone groups is 1. The van der Waals surface area contributed by atoms with Gasteiger partial charge in [-0.3, -0.25) is 4.68 Å². The number of nitrogens with one attached hydrogen (secondary N) is 1. The summed E-state index contributed by atoms with van der Waals surface area (Å²) in [4.78, 5) is 11.9. The predicted octanol–water partition coefficient (Wildman–Crippen LogP) is 2.13. The molecule has 0 bridgehead atoms. The van der Waals surface area contributed by atoms with Gasteiger partial charge in [-0.2, -0.15) is 5.10 Å². The first-order valence-corrected chi connectivity index (χ1v) is 11.0.